The maximum atomic E-state index is 12.3. The van der Waals surface area contributed by atoms with E-state index in [2.05, 4.69) is 15.1 Å². The summed E-state index contributed by atoms with van der Waals surface area (Å²) in [5, 5.41) is 10.6. The number of aryl methyl sites for hydroxylation is 1. The van der Waals surface area contributed by atoms with Crippen molar-refractivity contribution in [3.8, 4) is 21.3 Å². The molecule has 0 atom stereocenters. The van der Waals surface area contributed by atoms with Crippen LogP contribution >= 0.6 is 34.0 Å². The van der Waals surface area contributed by atoms with Gasteiger partial charge in [-0.15, -0.1) is 22.7 Å². The van der Waals surface area contributed by atoms with Gasteiger partial charge in [0.25, 0.3) is 5.89 Å². The predicted octanol–water partition coefficient (Wildman–Crippen LogP) is 4.65. The Morgan fingerprint density at radius 1 is 1.28 bits per heavy atom. The third-order valence-electron chi connectivity index (χ3n) is 3.28. The Labute approximate surface area is 154 Å². The van der Waals surface area contributed by atoms with Crippen molar-refractivity contribution in [1.82, 2.24) is 15.1 Å². The van der Waals surface area contributed by atoms with Crippen LogP contribution in [0.2, 0.25) is 0 Å². The van der Waals surface area contributed by atoms with Crippen LogP contribution in [0, 0.1) is 6.92 Å². The zero-order valence-corrected chi connectivity index (χ0v) is 15.4. The van der Waals surface area contributed by atoms with E-state index in [-0.39, 0.29) is 6.61 Å². The monoisotopic (exact) mass is 389 g/mol. The van der Waals surface area contributed by atoms with Crippen LogP contribution in [0.3, 0.4) is 0 Å². The van der Waals surface area contributed by atoms with Crippen molar-refractivity contribution in [2.24, 2.45) is 0 Å². The summed E-state index contributed by atoms with van der Waals surface area (Å²) in [5.41, 5.74) is 1.67. The summed E-state index contributed by atoms with van der Waals surface area (Å²) in [6, 6.07) is 5.77. The lowest BCUT2D eigenvalue weighted by molar-refractivity contribution is 0.0464. The minimum atomic E-state index is -0.432. The molecule has 0 aliphatic heterocycles. The number of ether oxygens (including phenoxy) is 1. The van der Waals surface area contributed by atoms with E-state index in [1.54, 1.807) is 18.3 Å². The number of thiophene rings is 2. The predicted molar refractivity (Wildman–Crippen MR) is 96.9 cm³/mol. The standard InChI is InChI=1S/C16H11N3O3S3/c1-9-13(25-15(17-9)10-4-6-23-8-10)16(20)21-7-12-18-14(22-19-12)11-3-2-5-24-11/h2-6,8H,7H2,1H3. The number of rotatable bonds is 5. The smallest absolute Gasteiger partial charge is 0.350 e. The van der Waals surface area contributed by atoms with E-state index in [9.17, 15) is 4.79 Å². The Bertz CT molecular complexity index is 987. The second-order valence-corrected chi connectivity index (χ2v) is 7.74. The fourth-order valence-electron chi connectivity index (χ4n) is 2.10. The van der Waals surface area contributed by atoms with Gasteiger partial charge in [0.1, 0.15) is 9.88 Å². The largest absolute Gasteiger partial charge is 0.453 e. The Morgan fingerprint density at radius 3 is 2.96 bits per heavy atom. The molecular formula is C16H11N3O3S3. The van der Waals surface area contributed by atoms with Crippen LogP contribution < -0.4 is 0 Å². The summed E-state index contributed by atoms with van der Waals surface area (Å²) in [4.78, 5) is 22.4. The molecule has 0 aliphatic carbocycles. The van der Waals surface area contributed by atoms with Gasteiger partial charge < -0.3 is 9.26 Å². The van der Waals surface area contributed by atoms with Gasteiger partial charge >= 0.3 is 5.97 Å². The zero-order valence-electron chi connectivity index (χ0n) is 13.0. The van der Waals surface area contributed by atoms with Gasteiger partial charge in [0, 0.05) is 10.9 Å². The summed E-state index contributed by atoms with van der Waals surface area (Å²) in [5.74, 6) is 0.325. The van der Waals surface area contributed by atoms with Crippen LogP contribution in [0.1, 0.15) is 21.2 Å². The van der Waals surface area contributed by atoms with E-state index >= 15 is 0 Å². The number of nitrogens with zero attached hydrogens (tertiary/aromatic N) is 3. The molecule has 4 aromatic rings. The summed E-state index contributed by atoms with van der Waals surface area (Å²) in [7, 11) is 0. The van der Waals surface area contributed by atoms with Crippen LogP contribution in [-0.2, 0) is 11.3 Å². The molecule has 0 fully saturated rings. The average molecular weight is 389 g/mol. The van der Waals surface area contributed by atoms with Gasteiger partial charge in [-0.2, -0.15) is 16.3 Å². The topological polar surface area (TPSA) is 78.1 Å². The molecule has 0 amide bonds. The van der Waals surface area contributed by atoms with E-state index < -0.39 is 5.97 Å². The fraction of sp³-hybridized carbons (Fsp3) is 0.125. The van der Waals surface area contributed by atoms with Crippen LogP contribution in [0.5, 0.6) is 0 Å². The van der Waals surface area contributed by atoms with Gasteiger partial charge in [-0.3, -0.25) is 0 Å². The quantitative estimate of drug-likeness (QED) is 0.462. The van der Waals surface area contributed by atoms with Crippen molar-refractivity contribution in [2.75, 3.05) is 0 Å². The summed E-state index contributed by atoms with van der Waals surface area (Å²) in [6.45, 7) is 1.76. The molecule has 0 unspecified atom stereocenters. The second kappa shape index (κ2) is 6.87. The number of hydrogen-bond acceptors (Lipinski definition) is 9. The highest BCUT2D eigenvalue weighted by molar-refractivity contribution is 7.17. The molecular weight excluding hydrogens is 378 g/mol. The van der Waals surface area contributed by atoms with Crippen molar-refractivity contribution in [2.45, 2.75) is 13.5 Å². The lowest BCUT2D eigenvalue weighted by Crippen LogP contribution is -2.05. The van der Waals surface area contributed by atoms with Gasteiger partial charge in [0.05, 0.1) is 10.6 Å². The molecule has 0 aliphatic rings. The molecule has 9 heteroatoms. The maximum absolute atomic E-state index is 12.3. The number of carbonyl (C=O) groups is 1. The van der Waals surface area contributed by atoms with E-state index in [4.69, 9.17) is 9.26 Å². The van der Waals surface area contributed by atoms with Gasteiger partial charge in [-0.05, 0) is 29.8 Å². The molecule has 6 nitrogen and oxygen atoms in total. The van der Waals surface area contributed by atoms with Gasteiger partial charge in [-0.25, -0.2) is 9.78 Å². The number of thiazole rings is 1. The first-order valence-electron chi connectivity index (χ1n) is 7.24. The molecule has 25 heavy (non-hydrogen) atoms. The van der Waals surface area contributed by atoms with Crippen molar-refractivity contribution in [1.29, 1.82) is 0 Å². The lowest BCUT2D eigenvalue weighted by atomic mass is 10.3. The molecule has 0 radical (unpaired) electrons. The number of hydrogen-bond donors (Lipinski definition) is 0. The van der Waals surface area contributed by atoms with Gasteiger partial charge in [0.2, 0.25) is 5.82 Å². The lowest BCUT2D eigenvalue weighted by Gasteiger charge is -1.99. The summed E-state index contributed by atoms with van der Waals surface area (Å²) < 4.78 is 10.5. The second-order valence-electron chi connectivity index (χ2n) is 5.01. The van der Waals surface area contributed by atoms with Crippen molar-refractivity contribution in [3.05, 3.63) is 50.7 Å². The molecule has 126 valence electrons. The number of carbonyl (C=O) groups excluding carboxylic acids is 1. The fourth-order valence-corrected chi connectivity index (χ4v) is 4.42. The highest BCUT2D eigenvalue weighted by atomic mass is 32.1. The first kappa shape index (κ1) is 16.1. The molecule has 0 saturated carbocycles. The van der Waals surface area contributed by atoms with Crippen molar-refractivity contribution < 1.29 is 14.1 Å². The van der Waals surface area contributed by atoms with Crippen molar-refractivity contribution in [3.63, 3.8) is 0 Å². The SMILES string of the molecule is Cc1nc(-c2ccsc2)sc1C(=O)OCc1noc(-c2cccs2)n1. The van der Waals surface area contributed by atoms with Crippen LogP contribution in [-0.4, -0.2) is 21.1 Å². The molecule has 0 aromatic carbocycles. The Morgan fingerprint density at radius 2 is 2.20 bits per heavy atom. The van der Waals surface area contributed by atoms with Gasteiger partial charge in [-0.1, -0.05) is 11.2 Å². The molecule has 0 N–H and O–H groups in total. The van der Waals surface area contributed by atoms with Crippen LogP contribution in [0.25, 0.3) is 21.3 Å². The van der Waals surface area contributed by atoms with Crippen LogP contribution in [0.15, 0.2) is 38.9 Å². The minimum Gasteiger partial charge on any atom is -0.453 e. The minimum absolute atomic E-state index is 0.0428. The molecule has 4 aromatic heterocycles. The normalized spacial score (nSPS) is 10.9. The molecule has 0 spiro atoms. The number of aromatic nitrogens is 3. The van der Waals surface area contributed by atoms with E-state index in [1.807, 2.05) is 34.3 Å². The Balaban J connectivity index is 1.44. The zero-order chi connectivity index (χ0) is 17.2. The van der Waals surface area contributed by atoms with Crippen LogP contribution in [0.4, 0.5) is 0 Å². The van der Waals surface area contributed by atoms with Crippen molar-refractivity contribution >= 4 is 40.0 Å². The third kappa shape index (κ3) is 3.39. The highest BCUT2D eigenvalue weighted by Crippen LogP contribution is 2.30. The van der Waals surface area contributed by atoms with Gasteiger partial charge in [0.15, 0.2) is 6.61 Å². The summed E-state index contributed by atoms with van der Waals surface area (Å²) >= 11 is 4.42. The molecule has 0 saturated heterocycles. The van der Waals surface area contributed by atoms with E-state index in [0.29, 0.717) is 22.3 Å². The Hall–Kier alpha value is -2.36. The first-order valence-corrected chi connectivity index (χ1v) is 9.88. The number of esters is 1. The summed E-state index contributed by atoms with van der Waals surface area (Å²) in [6.07, 6.45) is 0. The highest BCUT2D eigenvalue weighted by Gasteiger charge is 2.19. The first-order chi connectivity index (χ1) is 12.2. The third-order valence-corrected chi connectivity index (χ3v) is 6.01. The average Bonchev–Trinajstić information content (AvgIpc) is 3.38. The van der Waals surface area contributed by atoms with E-state index in [1.165, 1.54) is 22.7 Å². The maximum Gasteiger partial charge on any atom is 0.350 e. The van der Waals surface area contributed by atoms with E-state index in [0.717, 1.165) is 15.4 Å². The molecule has 0 bridgehead atoms. The Kier molecular flexibility index (Phi) is 4.43. The molecule has 4 rings (SSSR count). The molecule has 4 heterocycles.